The van der Waals surface area contributed by atoms with Crippen LogP contribution in [-0.4, -0.2) is 11.9 Å². The van der Waals surface area contributed by atoms with Crippen LogP contribution in [0.2, 0.25) is 0 Å². The van der Waals surface area contributed by atoms with Gasteiger partial charge in [0.05, 0.1) is 0 Å². The Morgan fingerprint density at radius 1 is 0.917 bits per heavy atom. The summed E-state index contributed by atoms with van der Waals surface area (Å²) in [5, 5.41) is 0. The molecule has 0 unspecified atom stereocenters. The minimum atomic E-state index is -0.713. The first-order valence-corrected chi connectivity index (χ1v) is 3.38. The second kappa shape index (κ2) is 6.15. The highest BCUT2D eigenvalue weighted by Crippen LogP contribution is 1.86. The normalized spacial score (nSPS) is 10.5. The van der Waals surface area contributed by atoms with E-state index in [1.807, 2.05) is 0 Å². The Bertz CT molecular complexity index is 191. The molecule has 0 rings (SSSR count). The highest BCUT2D eigenvalue weighted by molar-refractivity contribution is 5.84. The molecule has 0 radical (unpaired) electrons. The van der Waals surface area contributed by atoms with Gasteiger partial charge in [0.1, 0.15) is 0 Å². The molecule has 0 aliphatic heterocycles. The Morgan fingerprint density at radius 3 is 1.50 bits per heavy atom. The molecule has 0 N–H and O–H groups in total. The summed E-state index contributed by atoms with van der Waals surface area (Å²) in [4.78, 5) is 29.2. The van der Waals surface area contributed by atoms with Crippen molar-refractivity contribution in [1.82, 2.24) is 0 Å². The molecular weight excluding hydrogens is 160 g/mol. The highest BCUT2D eigenvalue weighted by Gasteiger charge is 2.01. The van der Waals surface area contributed by atoms with Gasteiger partial charge in [0.15, 0.2) is 0 Å². The van der Waals surface area contributed by atoms with Crippen LogP contribution >= 0.6 is 0 Å². The van der Waals surface area contributed by atoms with Crippen molar-refractivity contribution in [2.45, 2.75) is 13.8 Å². The third-order valence-corrected chi connectivity index (χ3v) is 0.811. The van der Waals surface area contributed by atoms with E-state index in [2.05, 4.69) is 9.78 Å². The summed E-state index contributed by atoms with van der Waals surface area (Å²) >= 11 is 0. The van der Waals surface area contributed by atoms with E-state index in [0.717, 1.165) is 12.2 Å². The Kier molecular flexibility index (Phi) is 5.34. The van der Waals surface area contributed by atoms with Crippen molar-refractivity contribution in [1.29, 1.82) is 0 Å². The van der Waals surface area contributed by atoms with Crippen molar-refractivity contribution < 1.29 is 19.4 Å². The number of hydrogen-bond acceptors (Lipinski definition) is 4. The lowest BCUT2D eigenvalue weighted by Crippen LogP contribution is -2.06. The molecule has 0 atom stereocenters. The van der Waals surface area contributed by atoms with Crippen LogP contribution < -0.4 is 0 Å². The van der Waals surface area contributed by atoms with Gasteiger partial charge in [-0.2, -0.15) is 0 Å². The third-order valence-electron chi connectivity index (χ3n) is 0.811. The highest BCUT2D eigenvalue weighted by atomic mass is 17.2. The van der Waals surface area contributed by atoms with Crippen LogP contribution in [0, 0.1) is 0 Å². The smallest absolute Gasteiger partial charge is 0.242 e. The molecule has 12 heavy (non-hydrogen) atoms. The molecule has 0 aliphatic rings. The molecule has 4 nitrogen and oxygen atoms in total. The van der Waals surface area contributed by atoms with E-state index in [4.69, 9.17) is 0 Å². The molecule has 0 aromatic rings. The first-order chi connectivity index (χ1) is 5.70. The van der Waals surface area contributed by atoms with Crippen LogP contribution in [0.5, 0.6) is 0 Å². The Labute approximate surface area is 70.4 Å². The summed E-state index contributed by atoms with van der Waals surface area (Å²) in [7, 11) is 0. The van der Waals surface area contributed by atoms with Crippen LogP contribution in [0.15, 0.2) is 24.3 Å². The lowest BCUT2D eigenvalue weighted by Gasteiger charge is -1.95. The maximum atomic E-state index is 10.5. The van der Waals surface area contributed by atoms with E-state index in [-0.39, 0.29) is 0 Å². The van der Waals surface area contributed by atoms with Gasteiger partial charge in [0.25, 0.3) is 0 Å². The average Bonchev–Trinajstić information content (AvgIpc) is 2.02. The molecule has 0 aromatic carbocycles. The van der Waals surface area contributed by atoms with Gasteiger partial charge >= 0.3 is 11.9 Å². The summed E-state index contributed by atoms with van der Waals surface area (Å²) in [5.74, 6) is -1.43. The number of carbonyl (C=O) groups excluding carboxylic acids is 2. The maximum Gasteiger partial charge on any atom is 0.378 e. The number of hydrogen-bond donors (Lipinski definition) is 0. The van der Waals surface area contributed by atoms with Crippen molar-refractivity contribution >= 4 is 11.9 Å². The fraction of sp³-hybridized carbons (Fsp3) is 0.250. The third kappa shape index (κ3) is 5.22. The van der Waals surface area contributed by atoms with Crippen LogP contribution in [0.4, 0.5) is 0 Å². The summed E-state index contributed by atoms with van der Waals surface area (Å²) < 4.78 is 0. The fourth-order valence-electron chi connectivity index (χ4n) is 0.410. The summed E-state index contributed by atoms with van der Waals surface area (Å²) in [6, 6.07) is 0. The molecule has 66 valence electrons. The first-order valence-electron chi connectivity index (χ1n) is 3.38. The van der Waals surface area contributed by atoms with Gasteiger partial charge in [-0.3, -0.25) is 0 Å². The van der Waals surface area contributed by atoms with Gasteiger partial charge in [-0.15, -0.1) is 0 Å². The Balaban J connectivity index is 3.68. The largest absolute Gasteiger partial charge is 0.378 e. The van der Waals surface area contributed by atoms with Gasteiger partial charge in [0.2, 0.25) is 0 Å². The minimum absolute atomic E-state index is 0.713. The Hall–Kier alpha value is -1.58. The fourth-order valence-corrected chi connectivity index (χ4v) is 0.410. The monoisotopic (exact) mass is 170 g/mol. The molecule has 0 fully saturated rings. The van der Waals surface area contributed by atoms with Crippen LogP contribution in [0.25, 0.3) is 0 Å². The van der Waals surface area contributed by atoms with E-state index < -0.39 is 11.9 Å². The first kappa shape index (κ1) is 10.4. The molecule has 0 spiro atoms. The van der Waals surface area contributed by atoms with Crippen LogP contribution in [0.1, 0.15) is 13.8 Å². The molecule has 0 aromatic heterocycles. The SMILES string of the molecule is CC=CC(=O)OOC(=O)C=CC. The molecular formula is C8H10O4. The van der Waals surface area contributed by atoms with Crippen molar-refractivity contribution in [3.8, 4) is 0 Å². The maximum absolute atomic E-state index is 10.5. The number of allylic oxidation sites excluding steroid dienone is 2. The van der Waals surface area contributed by atoms with Crippen molar-refractivity contribution in [2.75, 3.05) is 0 Å². The predicted molar refractivity (Wildman–Crippen MR) is 41.8 cm³/mol. The predicted octanol–water partition coefficient (Wildman–Crippen LogP) is 1.14. The zero-order valence-electron chi connectivity index (χ0n) is 6.94. The molecule has 0 amide bonds. The molecule has 0 saturated carbocycles. The molecule has 0 heterocycles. The summed E-state index contributed by atoms with van der Waals surface area (Å²) in [5.41, 5.74) is 0. The van der Waals surface area contributed by atoms with Gasteiger partial charge in [-0.05, 0) is 13.8 Å². The van der Waals surface area contributed by atoms with Crippen LogP contribution in [0.3, 0.4) is 0 Å². The molecule has 0 bridgehead atoms. The van der Waals surface area contributed by atoms with E-state index in [1.54, 1.807) is 13.8 Å². The van der Waals surface area contributed by atoms with Crippen LogP contribution in [-0.2, 0) is 19.4 Å². The van der Waals surface area contributed by atoms with Crippen molar-refractivity contribution in [3.05, 3.63) is 24.3 Å². The van der Waals surface area contributed by atoms with Gasteiger partial charge < -0.3 is 0 Å². The number of rotatable bonds is 2. The summed E-state index contributed by atoms with van der Waals surface area (Å²) in [6.07, 6.45) is 5.24. The second-order valence-corrected chi connectivity index (χ2v) is 1.80. The number of carbonyl (C=O) groups is 2. The lowest BCUT2D eigenvalue weighted by molar-refractivity contribution is -0.250. The molecule has 4 heteroatoms. The minimum Gasteiger partial charge on any atom is -0.242 e. The zero-order chi connectivity index (χ0) is 9.40. The zero-order valence-corrected chi connectivity index (χ0v) is 6.94. The summed E-state index contributed by atoms with van der Waals surface area (Å²) in [6.45, 7) is 3.30. The standard InChI is InChI=1S/C8H10O4/c1-3-5-7(9)11-12-8(10)6-4-2/h3-6H,1-2H3. The van der Waals surface area contributed by atoms with E-state index >= 15 is 0 Å². The second-order valence-electron chi connectivity index (χ2n) is 1.80. The lowest BCUT2D eigenvalue weighted by atomic mass is 10.5. The van der Waals surface area contributed by atoms with Crippen molar-refractivity contribution in [2.24, 2.45) is 0 Å². The molecule has 0 saturated heterocycles. The van der Waals surface area contributed by atoms with E-state index in [0.29, 0.717) is 0 Å². The average molecular weight is 170 g/mol. The topological polar surface area (TPSA) is 52.6 Å². The van der Waals surface area contributed by atoms with E-state index in [1.165, 1.54) is 12.2 Å². The van der Waals surface area contributed by atoms with Gasteiger partial charge in [-0.1, -0.05) is 12.2 Å². The van der Waals surface area contributed by atoms with E-state index in [9.17, 15) is 9.59 Å². The van der Waals surface area contributed by atoms with Crippen molar-refractivity contribution in [3.63, 3.8) is 0 Å². The van der Waals surface area contributed by atoms with Gasteiger partial charge in [-0.25, -0.2) is 19.4 Å². The van der Waals surface area contributed by atoms with Gasteiger partial charge in [0, 0.05) is 12.2 Å². The molecule has 0 aliphatic carbocycles. The Morgan fingerprint density at radius 2 is 1.25 bits per heavy atom. The quantitative estimate of drug-likeness (QED) is 0.354.